The number of nitrogens with one attached hydrogen (secondary N) is 1. The lowest BCUT2D eigenvalue weighted by atomic mass is 10.1. The van der Waals surface area contributed by atoms with Crippen LogP contribution in [-0.2, 0) is 0 Å². The number of hydrogen-bond donors (Lipinski definition) is 2. The van der Waals surface area contributed by atoms with Crippen molar-refractivity contribution in [3.63, 3.8) is 0 Å². The standard InChI is InChI=1S/C12H17FN2O/c1-8(9-5-10(13)7-14-6-9)15-11-3-2-4-12(11)16/h5-8,11-12,15-16H,2-4H2,1H3. The molecule has 0 saturated heterocycles. The van der Waals surface area contributed by atoms with Gasteiger partial charge in [0.1, 0.15) is 5.82 Å². The van der Waals surface area contributed by atoms with Crippen molar-refractivity contribution in [3.8, 4) is 0 Å². The fourth-order valence-corrected chi connectivity index (χ4v) is 2.22. The summed E-state index contributed by atoms with van der Waals surface area (Å²) in [6.07, 6.45) is 5.46. The Bertz CT molecular complexity index is 359. The molecule has 0 spiro atoms. The third kappa shape index (κ3) is 2.57. The number of pyridine rings is 1. The molecule has 16 heavy (non-hydrogen) atoms. The van der Waals surface area contributed by atoms with Crippen LogP contribution in [0.1, 0.15) is 37.8 Å². The van der Waals surface area contributed by atoms with Gasteiger partial charge in [-0.05, 0) is 37.8 Å². The molecule has 1 fully saturated rings. The Morgan fingerprint density at radius 3 is 2.94 bits per heavy atom. The second-order valence-electron chi connectivity index (χ2n) is 4.43. The Hall–Kier alpha value is -1.00. The molecular weight excluding hydrogens is 207 g/mol. The van der Waals surface area contributed by atoms with Crippen molar-refractivity contribution in [2.45, 2.75) is 44.4 Å². The highest BCUT2D eigenvalue weighted by atomic mass is 19.1. The van der Waals surface area contributed by atoms with Gasteiger partial charge in [0.2, 0.25) is 0 Å². The SMILES string of the molecule is CC(NC1CCCC1O)c1cncc(F)c1. The van der Waals surface area contributed by atoms with Crippen molar-refractivity contribution in [2.75, 3.05) is 0 Å². The van der Waals surface area contributed by atoms with E-state index in [9.17, 15) is 9.50 Å². The van der Waals surface area contributed by atoms with Gasteiger partial charge in [-0.25, -0.2) is 4.39 Å². The molecule has 1 aromatic heterocycles. The first-order valence-electron chi connectivity index (χ1n) is 5.71. The summed E-state index contributed by atoms with van der Waals surface area (Å²) >= 11 is 0. The van der Waals surface area contributed by atoms with Crippen molar-refractivity contribution in [1.82, 2.24) is 10.3 Å². The van der Waals surface area contributed by atoms with Crippen LogP contribution in [0, 0.1) is 5.82 Å². The average Bonchev–Trinajstić information content (AvgIpc) is 2.64. The van der Waals surface area contributed by atoms with Gasteiger partial charge < -0.3 is 10.4 Å². The van der Waals surface area contributed by atoms with Crippen LogP contribution in [0.2, 0.25) is 0 Å². The molecule has 88 valence electrons. The van der Waals surface area contributed by atoms with Crippen molar-refractivity contribution in [2.24, 2.45) is 0 Å². The number of aromatic nitrogens is 1. The minimum absolute atomic E-state index is 0.0148. The van der Waals surface area contributed by atoms with Crippen LogP contribution in [-0.4, -0.2) is 22.2 Å². The van der Waals surface area contributed by atoms with Crippen LogP contribution in [0.25, 0.3) is 0 Å². The number of halogens is 1. The lowest BCUT2D eigenvalue weighted by Crippen LogP contribution is -2.37. The third-order valence-corrected chi connectivity index (χ3v) is 3.17. The maximum absolute atomic E-state index is 13.0. The normalized spacial score (nSPS) is 26.9. The highest BCUT2D eigenvalue weighted by Crippen LogP contribution is 2.22. The van der Waals surface area contributed by atoms with Crippen molar-refractivity contribution in [3.05, 3.63) is 29.8 Å². The smallest absolute Gasteiger partial charge is 0.141 e. The minimum atomic E-state index is -0.321. The fraction of sp³-hybridized carbons (Fsp3) is 0.583. The third-order valence-electron chi connectivity index (χ3n) is 3.17. The number of hydrogen-bond acceptors (Lipinski definition) is 3. The molecule has 2 N–H and O–H groups in total. The van der Waals surface area contributed by atoms with Crippen LogP contribution < -0.4 is 5.32 Å². The zero-order valence-corrected chi connectivity index (χ0v) is 9.36. The molecule has 1 aromatic rings. The summed E-state index contributed by atoms with van der Waals surface area (Å²) < 4.78 is 13.0. The van der Waals surface area contributed by atoms with Crippen LogP contribution >= 0.6 is 0 Å². The molecule has 1 aliphatic rings. The monoisotopic (exact) mass is 224 g/mol. The van der Waals surface area contributed by atoms with Gasteiger partial charge in [0.25, 0.3) is 0 Å². The summed E-state index contributed by atoms with van der Waals surface area (Å²) in [5.74, 6) is -0.321. The largest absolute Gasteiger partial charge is 0.392 e. The van der Waals surface area contributed by atoms with Crippen LogP contribution in [0.5, 0.6) is 0 Å². The maximum atomic E-state index is 13.0. The molecule has 0 aliphatic heterocycles. The first-order chi connectivity index (χ1) is 7.66. The molecule has 0 bridgehead atoms. The van der Waals surface area contributed by atoms with E-state index < -0.39 is 0 Å². The van der Waals surface area contributed by atoms with E-state index in [1.54, 1.807) is 6.20 Å². The molecule has 2 rings (SSSR count). The Labute approximate surface area is 94.7 Å². The van der Waals surface area contributed by atoms with Crippen molar-refractivity contribution in [1.29, 1.82) is 0 Å². The Morgan fingerprint density at radius 1 is 1.50 bits per heavy atom. The quantitative estimate of drug-likeness (QED) is 0.822. The van der Waals surface area contributed by atoms with Gasteiger partial charge in [-0.1, -0.05) is 0 Å². The van der Waals surface area contributed by atoms with Gasteiger partial charge >= 0.3 is 0 Å². The fourth-order valence-electron chi connectivity index (χ4n) is 2.22. The van der Waals surface area contributed by atoms with Gasteiger partial charge in [-0.15, -0.1) is 0 Å². The Morgan fingerprint density at radius 2 is 2.31 bits per heavy atom. The average molecular weight is 224 g/mol. The first-order valence-corrected chi connectivity index (χ1v) is 5.71. The number of aliphatic hydroxyl groups excluding tert-OH is 1. The van der Waals surface area contributed by atoms with Gasteiger partial charge in [-0.2, -0.15) is 0 Å². The van der Waals surface area contributed by atoms with Gasteiger partial charge in [-0.3, -0.25) is 4.98 Å². The molecule has 3 nitrogen and oxygen atoms in total. The van der Waals surface area contributed by atoms with E-state index in [4.69, 9.17) is 0 Å². The highest BCUT2D eigenvalue weighted by Gasteiger charge is 2.26. The summed E-state index contributed by atoms with van der Waals surface area (Å²) in [5.41, 5.74) is 0.819. The number of aliphatic hydroxyl groups is 1. The second kappa shape index (κ2) is 4.89. The summed E-state index contributed by atoms with van der Waals surface area (Å²) in [5, 5.41) is 13.0. The molecular formula is C12H17FN2O. The predicted molar refractivity (Wildman–Crippen MR) is 59.4 cm³/mol. The van der Waals surface area contributed by atoms with Crippen molar-refractivity contribution < 1.29 is 9.50 Å². The maximum Gasteiger partial charge on any atom is 0.141 e. The highest BCUT2D eigenvalue weighted by molar-refractivity contribution is 5.14. The number of rotatable bonds is 3. The van der Waals surface area contributed by atoms with Crippen LogP contribution in [0.15, 0.2) is 18.5 Å². The first kappa shape index (κ1) is 11.5. The zero-order chi connectivity index (χ0) is 11.5. The van der Waals surface area contributed by atoms with E-state index in [1.165, 1.54) is 12.3 Å². The summed E-state index contributed by atoms with van der Waals surface area (Å²) in [7, 11) is 0. The Balaban J connectivity index is 1.99. The molecule has 0 amide bonds. The molecule has 1 heterocycles. The van der Waals surface area contributed by atoms with E-state index in [1.807, 2.05) is 6.92 Å². The lowest BCUT2D eigenvalue weighted by molar-refractivity contribution is 0.144. The van der Waals surface area contributed by atoms with E-state index in [0.717, 1.165) is 24.8 Å². The van der Waals surface area contributed by atoms with E-state index in [-0.39, 0.29) is 24.0 Å². The molecule has 1 aliphatic carbocycles. The molecule has 0 aromatic carbocycles. The van der Waals surface area contributed by atoms with Gasteiger partial charge in [0, 0.05) is 18.3 Å². The van der Waals surface area contributed by atoms with Crippen LogP contribution in [0.3, 0.4) is 0 Å². The second-order valence-corrected chi connectivity index (χ2v) is 4.43. The molecule has 0 radical (unpaired) electrons. The van der Waals surface area contributed by atoms with Crippen LogP contribution in [0.4, 0.5) is 4.39 Å². The molecule has 4 heteroatoms. The topological polar surface area (TPSA) is 45.1 Å². The summed E-state index contributed by atoms with van der Waals surface area (Å²) in [6.45, 7) is 1.96. The lowest BCUT2D eigenvalue weighted by Gasteiger charge is -2.22. The van der Waals surface area contributed by atoms with Gasteiger partial charge in [0.15, 0.2) is 0 Å². The predicted octanol–water partition coefficient (Wildman–Crippen LogP) is 1.78. The van der Waals surface area contributed by atoms with Crippen molar-refractivity contribution >= 4 is 0 Å². The molecule has 3 unspecified atom stereocenters. The molecule has 3 atom stereocenters. The minimum Gasteiger partial charge on any atom is -0.392 e. The van der Waals surface area contributed by atoms with E-state index >= 15 is 0 Å². The van der Waals surface area contributed by atoms with Gasteiger partial charge in [0.05, 0.1) is 12.3 Å². The Kier molecular flexibility index (Phi) is 3.51. The van der Waals surface area contributed by atoms with E-state index in [2.05, 4.69) is 10.3 Å². The van der Waals surface area contributed by atoms with E-state index in [0.29, 0.717) is 0 Å². The number of nitrogens with zero attached hydrogens (tertiary/aromatic N) is 1. The summed E-state index contributed by atoms with van der Waals surface area (Å²) in [4.78, 5) is 3.82. The zero-order valence-electron chi connectivity index (χ0n) is 9.36. The summed E-state index contributed by atoms with van der Waals surface area (Å²) in [6, 6.07) is 1.62. The molecule has 1 saturated carbocycles.